The van der Waals surface area contributed by atoms with Crippen LogP contribution in [0.3, 0.4) is 0 Å². The van der Waals surface area contributed by atoms with Crippen LogP contribution in [-0.2, 0) is 23.6 Å². The molecule has 2 aromatic heterocycles. The number of sulfonamides is 1. The third-order valence-corrected chi connectivity index (χ3v) is 7.31. The predicted octanol–water partition coefficient (Wildman–Crippen LogP) is 2.81. The van der Waals surface area contributed by atoms with E-state index >= 15 is 0 Å². The first-order chi connectivity index (χ1) is 11.3. The first-order valence-corrected chi connectivity index (χ1v) is 10.6. The number of hydrogen-bond acceptors (Lipinski definition) is 4. The summed E-state index contributed by atoms with van der Waals surface area (Å²) in [5.41, 5.74) is 0.316. The van der Waals surface area contributed by atoms with Crippen LogP contribution in [0.5, 0.6) is 0 Å². The third-order valence-electron chi connectivity index (χ3n) is 3.60. The Morgan fingerprint density at radius 1 is 1.33 bits per heavy atom. The molecule has 0 aliphatic heterocycles. The van der Waals surface area contributed by atoms with Crippen LogP contribution in [0.2, 0.25) is 0 Å². The summed E-state index contributed by atoms with van der Waals surface area (Å²) in [6.45, 7) is 4.76. The molecule has 0 unspecified atom stereocenters. The largest absolute Gasteiger partial charge is 0.346 e. The number of halogens is 1. The fourth-order valence-corrected chi connectivity index (χ4v) is 5.24. The summed E-state index contributed by atoms with van der Waals surface area (Å²) in [6.07, 6.45) is 1.48. The molecule has 0 fully saturated rings. The maximum atomic E-state index is 12.5. The van der Waals surface area contributed by atoms with Crippen molar-refractivity contribution in [1.82, 2.24) is 14.2 Å². The minimum Gasteiger partial charge on any atom is -0.346 e. The van der Waals surface area contributed by atoms with Crippen molar-refractivity contribution in [1.29, 1.82) is 0 Å². The maximum Gasteiger partial charge on any atom is 0.268 e. The molecule has 24 heavy (non-hydrogen) atoms. The number of hydrogen-bond donors (Lipinski definition) is 1. The van der Waals surface area contributed by atoms with Crippen LogP contribution in [0, 0.1) is 0 Å². The Morgan fingerprint density at radius 2 is 2.00 bits per heavy atom. The molecule has 0 saturated carbocycles. The number of nitrogens with one attached hydrogen (secondary N) is 1. The third kappa shape index (κ3) is 4.08. The number of aryl methyl sites for hydroxylation is 1. The van der Waals surface area contributed by atoms with Gasteiger partial charge in [0.1, 0.15) is 10.6 Å². The van der Waals surface area contributed by atoms with Crippen LogP contribution in [0.4, 0.5) is 0 Å². The van der Waals surface area contributed by atoms with E-state index in [1.807, 2.05) is 11.4 Å². The van der Waals surface area contributed by atoms with Crippen molar-refractivity contribution in [3.05, 3.63) is 38.8 Å². The number of amides is 1. The number of nitrogens with zero attached hydrogens (tertiary/aromatic N) is 2. The SMILES string of the molecule is CCN(CC)S(=O)(=O)c1cc(C(=O)NCc2cc(Br)cs2)n(C)c1. The lowest BCUT2D eigenvalue weighted by atomic mass is 10.4. The lowest BCUT2D eigenvalue weighted by Crippen LogP contribution is -2.30. The van der Waals surface area contributed by atoms with Crippen LogP contribution in [0.15, 0.2) is 33.1 Å². The molecule has 132 valence electrons. The second-order valence-electron chi connectivity index (χ2n) is 5.18. The molecular formula is C15H20BrN3O3S2. The van der Waals surface area contributed by atoms with Crippen LogP contribution < -0.4 is 5.32 Å². The van der Waals surface area contributed by atoms with Gasteiger partial charge < -0.3 is 9.88 Å². The highest BCUT2D eigenvalue weighted by molar-refractivity contribution is 9.10. The standard InChI is InChI=1S/C15H20BrN3O3S2/c1-4-19(5-2)24(21,22)13-7-14(18(3)9-13)15(20)17-8-12-6-11(16)10-23-12/h6-7,9-10H,4-5,8H2,1-3H3,(H,17,20). The van der Waals surface area contributed by atoms with E-state index in [2.05, 4.69) is 21.2 Å². The molecule has 0 aliphatic carbocycles. The van der Waals surface area contributed by atoms with Gasteiger partial charge in [0, 0.05) is 41.1 Å². The molecule has 1 N–H and O–H groups in total. The van der Waals surface area contributed by atoms with Gasteiger partial charge in [0.05, 0.1) is 6.54 Å². The van der Waals surface area contributed by atoms with Crippen molar-refractivity contribution in [2.45, 2.75) is 25.3 Å². The Morgan fingerprint density at radius 3 is 2.54 bits per heavy atom. The molecule has 2 rings (SSSR count). The van der Waals surface area contributed by atoms with Crippen LogP contribution in [0.1, 0.15) is 29.2 Å². The molecule has 9 heteroatoms. The first kappa shape index (κ1) is 19.2. The monoisotopic (exact) mass is 433 g/mol. The zero-order valence-corrected chi connectivity index (χ0v) is 17.0. The van der Waals surface area contributed by atoms with E-state index in [-0.39, 0.29) is 10.8 Å². The second-order valence-corrected chi connectivity index (χ2v) is 9.02. The minimum absolute atomic E-state index is 0.137. The number of carbonyl (C=O) groups is 1. The summed E-state index contributed by atoms with van der Waals surface area (Å²) in [5, 5.41) is 4.76. The van der Waals surface area contributed by atoms with E-state index in [0.717, 1.165) is 9.35 Å². The maximum absolute atomic E-state index is 12.5. The van der Waals surface area contributed by atoms with Crippen molar-refractivity contribution >= 4 is 43.2 Å². The van der Waals surface area contributed by atoms with Gasteiger partial charge in [-0.3, -0.25) is 4.79 Å². The van der Waals surface area contributed by atoms with E-state index in [4.69, 9.17) is 0 Å². The van der Waals surface area contributed by atoms with Gasteiger partial charge >= 0.3 is 0 Å². The second kappa shape index (κ2) is 7.81. The van der Waals surface area contributed by atoms with E-state index in [0.29, 0.717) is 25.3 Å². The quantitative estimate of drug-likeness (QED) is 0.729. The molecule has 0 atom stereocenters. The van der Waals surface area contributed by atoms with Crippen molar-refractivity contribution in [2.75, 3.05) is 13.1 Å². The van der Waals surface area contributed by atoms with Gasteiger partial charge in [-0.1, -0.05) is 13.8 Å². The topological polar surface area (TPSA) is 71.4 Å². The Hall–Kier alpha value is -1.16. The van der Waals surface area contributed by atoms with E-state index in [1.54, 1.807) is 20.9 Å². The Bertz CT molecular complexity index is 823. The highest BCUT2D eigenvalue weighted by atomic mass is 79.9. The average Bonchev–Trinajstić information content (AvgIpc) is 3.12. The fourth-order valence-electron chi connectivity index (χ4n) is 2.32. The zero-order chi connectivity index (χ0) is 17.9. The Kier molecular flexibility index (Phi) is 6.24. The summed E-state index contributed by atoms with van der Waals surface area (Å²) in [4.78, 5) is 13.5. The predicted molar refractivity (Wildman–Crippen MR) is 98.7 cm³/mol. The highest BCUT2D eigenvalue weighted by Gasteiger charge is 2.25. The van der Waals surface area contributed by atoms with Crippen molar-refractivity contribution in [3.8, 4) is 0 Å². The summed E-state index contributed by atoms with van der Waals surface area (Å²) in [7, 11) is -1.91. The van der Waals surface area contributed by atoms with Gasteiger partial charge in [0.15, 0.2) is 0 Å². The van der Waals surface area contributed by atoms with Gasteiger partial charge in [-0.25, -0.2) is 8.42 Å². The zero-order valence-electron chi connectivity index (χ0n) is 13.7. The van der Waals surface area contributed by atoms with Crippen molar-refractivity contribution in [2.24, 2.45) is 7.05 Å². The molecule has 0 spiro atoms. The summed E-state index contributed by atoms with van der Waals surface area (Å²) in [6, 6.07) is 3.36. The number of rotatable bonds is 7. The molecule has 0 saturated heterocycles. The molecule has 0 radical (unpaired) electrons. The first-order valence-electron chi connectivity index (χ1n) is 7.47. The van der Waals surface area contributed by atoms with Gasteiger partial charge in [0.25, 0.3) is 5.91 Å². The molecule has 1 amide bonds. The molecule has 0 aliphatic rings. The molecule has 6 nitrogen and oxygen atoms in total. The van der Waals surface area contributed by atoms with Crippen LogP contribution >= 0.6 is 27.3 Å². The number of aromatic nitrogens is 1. The Labute approximate surface area is 154 Å². The van der Waals surface area contributed by atoms with E-state index < -0.39 is 10.0 Å². The normalized spacial score (nSPS) is 11.9. The van der Waals surface area contributed by atoms with Gasteiger partial charge in [0.2, 0.25) is 10.0 Å². The average molecular weight is 434 g/mol. The van der Waals surface area contributed by atoms with Gasteiger partial charge in [-0.05, 0) is 28.1 Å². The van der Waals surface area contributed by atoms with E-state index in [1.165, 1.54) is 32.5 Å². The van der Waals surface area contributed by atoms with E-state index in [9.17, 15) is 13.2 Å². The molecule has 0 bridgehead atoms. The molecule has 2 aromatic rings. The Balaban J connectivity index is 2.17. The number of carbonyl (C=O) groups excluding carboxylic acids is 1. The lowest BCUT2D eigenvalue weighted by molar-refractivity contribution is 0.0943. The molecular weight excluding hydrogens is 414 g/mol. The summed E-state index contributed by atoms with van der Waals surface area (Å²) in [5.74, 6) is -0.303. The highest BCUT2D eigenvalue weighted by Crippen LogP contribution is 2.20. The van der Waals surface area contributed by atoms with Gasteiger partial charge in [-0.15, -0.1) is 11.3 Å². The summed E-state index contributed by atoms with van der Waals surface area (Å²) >= 11 is 4.91. The summed E-state index contributed by atoms with van der Waals surface area (Å²) < 4.78 is 29.0. The molecule has 2 heterocycles. The fraction of sp³-hybridized carbons (Fsp3) is 0.400. The van der Waals surface area contributed by atoms with Crippen LogP contribution in [0.25, 0.3) is 0 Å². The molecule has 0 aromatic carbocycles. The van der Waals surface area contributed by atoms with Crippen LogP contribution in [-0.4, -0.2) is 36.3 Å². The minimum atomic E-state index is -3.57. The lowest BCUT2D eigenvalue weighted by Gasteiger charge is -2.17. The van der Waals surface area contributed by atoms with Gasteiger partial charge in [-0.2, -0.15) is 4.31 Å². The van der Waals surface area contributed by atoms with Crippen molar-refractivity contribution < 1.29 is 13.2 Å². The smallest absolute Gasteiger partial charge is 0.268 e. The van der Waals surface area contributed by atoms with Crippen molar-refractivity contribution in [3.63, 3.8) is 0 Å². The number of thiophene rings is 1.